The van der Waals surface area contributed by atoms with Gasteiger partial charge in [0.25, 0.3) is 8.53 Å². The topological polar surface area (TPSA) is 45.5 Å². The van der Waals surface area contributed by atoms with Crippen LogP contribution in [0.25, 0.3) is 0 Å². The van der Waals surface area contributed by atoms with Gasteiger partial charge >= 0.3 is 0 Å². The maximum absolute atomic E-state index is 8.98. The Bertz CT molecular complexity index is 954. The van der Waals surface area contributed by atoms with Gasteiger partial charge in [-0.3, -0.25) is 0 Å². The van der Waals surface area contributed by atoms with Gasteiger partial charge in [-0.15, -0.1) is 11.8 Å². The number of nitriles is 1. The molecule has 1 unspecified atom stereocenters. The second kappa shape index (κ2) is 14.5. The molecule has 3 aromatic carbocycles. The van der Waals surface area contributed by atoms with E-state index in [-0.39, 0.29) is 16.8 Å². The van der Waals surface area contributed by atoms with E-state index in [2.05, 4.69) is 129 Å². The molecule has 0 aromatic heterocycles. The predicted molar refractivity (Wildman–Crippen MR) is 153 cm³/mol. The summed E-state index contributed by atoms with van der Waals surface area (Å²) in [6, 6.07) is 34.9. The number of hydrogen-bond donors (Lipinski definition) is 0. The molecule has 0 N–H and O–H groups in total. The zero-order chi connectivity index (χ0) is 25.8. The largest absolute Gasteiger partial charge is 0.321 e. The molecule has 0 bridgehead atoms. The van der Waals surface area contributed by atoms with Crippen molar-refractivity contribution < 1.29 is 9.05 Å². The van der Waals surface area contributed by atoms with Gasteiger partial charge in [0.2, 0.25) is 0 Å². The SMILES string of the molecule is CC(C)N(C(C)C)P(OCCC#N)OCCSC(c1ccccc1)(c1ccccc1)c1ccccc1. The number of benzene rings is 3. The Balaban J connectivity index is 1.88. The summed E-state index contributed by atoms with van der Waals surface area (Å²) in [7, 11) is -1.26. The van der Waals surface area contributed by atoms with Crippen molar-refractivity contribution in [2.45, 2.75) is 50.9 Å². The highest BCUT2D eigenvalue weighted by Crippen LogP contribution is 2.50. The lowest BCUT2D eigenvalue weighted by atomic mass is 9.84. The summed E-state index contributed by atoms with van der Waals surface area (Å²) in [6.07, 6.45) is 0.361. The molecule has 36 heavy (non-hydrogen) atoms. The van der Waals surface area contributed by atoms with Crippen LogP contribution in [0.3, 0.4) is 0 Å². The number of hydrogen-bond acceptors (Lipinski definition) is 5. The molecule has 0 saturated heterocycles. The van der Waals surface area contributed by atoms with E-state index < -0.39 is 8.53 Å². The summed E-state index contributed by atoms with van der Waals surface area (Å²) in [5.74, 6) is 0.781. The fourth-order valence-electron chi connectivity index (χ4n) is 4.39. The fraction of sp³-hybridized carbons (Fsp3) is 0.367. The predicted octanol–water partition coefficient (Wildman–Crippen LogP) is 8.00. The van der Waals surface area contributed by atoms with Gasteiger partial charge in [0.15, 0.2) is 0 Å². The summed E-state index contributed by atoms with van der Waals surface area (Å²) in [6.45, 7) is 9.57. The molecule has 3 aromatic rings. The molecule has 0 fully saturated rings. The molecule has 0 amide bonds. The first-order chi connectivity index (χ1) is 17.5. The highest BCUT2D eigenvalue weighted by atomic mass is 32.2. The van der Waals surface area contributed by atoms with Crippen LogP contribution < -0.4 is 0 Å². The Morgan fingerprint density at radius 1 is 0.750 bits per heavy atom. The van der Waals surface area contributed by atoms with Crippen molar-refractivity contribution >= 4 is 20.3 Å². The van der Waals surface area contributed by atoms with E-state index >= 15 is 0 Å². The van der Waals surface area contributed by atoms with Gasteiger partial charge < -0.3 is 9.05 Å². The Labute approximate surface area is 222 Å². The van der Waals surface area contributed by atoms with Crippen LogP contribution in [0.5, 0.6) is 0 Å². The van der Waals surface area contributed by atoms with Crippen LogP contribution in [0.4, 0.5) is 0 Å². The highest BCUT2D eigenvalue weighted by molar-refractivity contribution is 8.00. The van der Waals surface area contributed by atoms with E-state index in [0.717, 1.165) is 5.75 Å². The lowest BCUT2D eigenvalue weighted by Gasteiger charge is -2.37. The van der Waals surface area contributed by atoms with Gasteiger partial charge in [0, 0.05) is 17.8 Å². The summed E-state index contributed by atoms with van der Waals surface area (Å²) in [5.41, 5.74) is 3.72. The molecule has 0 heterocycles. The Kier molecular flexibility index (Phi) is 11.5. The Hall–Kier alpha value is -2.19. The first kappa shape index (κ1) is 28.4. The molecule has 1 atom stereocenters. The van der Waals surface area contributed by atoms with E-state index in [1.165, 1.54) is 16.7 Å². The molecule has 0 aliphatic heterocycles. The van der Waals surface area contributed by atoms with E-state index in [1.807, 2.05) is 11.8 Å². The Morgan fingerprint density at radius 2 is 1.17 bits per heavy atom. The first-order valence-corrected chi connectivity index (χ1v) is 14.6. The van der Waals surface area contributed by atoms with Gasteiger partial charge in [0.1, 0.15) is 0 Å². The minimum absolute atomic E-state index is 0.280. The van der Waals surface area contributed by atoms with Crippen molar-refractivity contribution in [2.75, 3.05) is 19.0 Å². The van der Waals surface area contributed by atoms with Crippen LogP contribution in [-0.2, 0) is 13.8 Å². The third-order valence-corrected chi connectivity index (χ3v) is 9.43. The standard InChI is InChI=1S/C30H37N2O2PS/c1-25(2)32(26(3)4)35(33-22-14-21-31)34-23-24-36-30(27-15-8-5-9-16-27,28-17-10-6-11-18-28)29-19-12-7-13-20-29/h5-13,15-20,25-26H,14,22-24H2,1-4H3. The number of rotatable bonds is 14. The molecule has 0 aliphatic carbocycles. The molecule has 0 aliphatic rings. The molecule has 0 spiro atoms. The molecule has 6 heteroatoms. The van der Waals surface area contributed by atoms with Crippen LogP contribution in [0, 0.1) is 11.3 Å². The minimum Gasteiger partial charge on any atom is -0.321 e. The average Bonchev–Trinajstić information content (AvgIpc) is 2.90. The van der Waals surface area contributed by atoms with Crippen molar-refractivity contribution in [3.05, 3.63) is 108 Å². The molecule has 3 rings (SSSR count). The van der Waals surface area contributed by atoms with Gasteiger partial charge in [-0.1, -0.05) is 91.0 Å². The molecular weight excluding hydrogens is 483 g/mol. The normalized spacial score (nSPS) is 12.7. The summed E-state index contributed by atoms with van der Waals surface area (Å²) >= 11 is 1.89. The monoisotopic (exact) mass is 520 g/mol. The fourth-order valence-corrected chi connectivity index (χ4v) is 7.49. The van der Waals surface area contributed by atoms with Gasteiger partial charge in [-0.05, 0) is 44.4 Å². The van der Waals surface area contributed by atoms with E-state index in [1.54, 1.807) is 0 Å². The molecule has 190 valence electrons. The van der Waals surface area contributed by atoms with Crippen molar-refractivity contribution in [2.24, 2.45) is 0 Å². The third kappa shape index (κ3) is 7.19. The highest BCUT2D eigenvalue weighted by Gasteiger charge is 2.37. The molecule has 0 radical (unpaired) electrons. The molecule has 4 nitrogen and oxygen atoms in total. The zero-order valence-electron chi connectivity index (χ0n) is 21.7. The summed E-state index contributed by atoms with van der Waals surface area (Å²) in [4.78, 5) is 0. The Morgan fingerprint density at radius 3 is 1.56 bits per heavy atom. The molecule has 0 saturated carbocycles. The van der Waals surface area contributed by atoms with E-state index in [0.29, 0.717) is 19.6 Å². The van der Waals surface area contributed by atoms with Gasteiger partial charge in [-0.2, -0.15) is 5.26 Å². The van der Waals surface area contributed by atoms with Gasteiger partial charge in [0.05, 0.1) is 30.5 Å². The lowest BCUT2D eigenvalue weighted by molar-refractivity contribution is 0.182. The van der Waals surface area contributed by atoms with Crippen LogP contribution in [0.2, 0.25) is 0 Å². The minimum atomic E-state index is -1.26. The quantitative estimate of drug-likeness (QED) is 0.122. The second-order valence-corrected chi connectivity index (χ2v) is 11.8. The summed E-state index contributed by atoms with van der Waals surface area (Å²) in [5, 5.41) is 8.98. The maximum atomic E-state index is 8.98. The van der Waals surface area contributed by atoms with Crippen LogP contribution in [-0.4, -0.2) is 35.7 Å². The lowest BCUT2D eigenvalue weighted by Crippen LogP contribution is -2.34. The molecular formula is C30H37N2O2PS. The van der Waals surface area contributed by atoms with Crippen molar-refractivity contribution in [3.8, 4) is 6.07 Å². The number of thioether (sulfide) groups is 1. The summed E-state index contributed by atoms with van der Waals surface area (Å²) < 4.78 is 14.4. The smallest absolute Gasteiger partial charge is 0.259 e. The van der Waals surface area contributed by atoms with Crippen molar-refractivity contribution in [1.29, 1.82) is 5.26 Å². The van der Waals surface area contributed by atoms with Crippen molar-refractivity contribution in [3.63, 3.8) is 0 Å². The van der Waals surface area contributed by atoms with E-state index in [4.69, 9.17) is 14.3 Å². The number of nitrogens with zero attached hydrogens (tertiary/aromatic N) is 2. The third-order valence-electron chi connectivity index (χ3n) is 5.81. The average molecular weight is 521 g/mol. The van der Waals surface area contributed by atoms with Crippen molar-refractivity contribution in [1.82, 2.24) is 4.67 Å². The van der Waals surface area contributed by atoms with E-state index in [9.17, 15) is 0 Å². The van der Waals surface area contributed by atoms with Crippen LogP contribution >= 0.6 is 20.3 Å². The van der Waals surface area contributed by atoms with Crippen LogP contribution in [0.15, 0.2) is 91.0 Å². The zero-order valence-corrected chi connectivity index (χ0v) is 23.4. The van der Waals surface area contributed by atoms with Gasteiger partial charge in [-0.25, -0.2) is 4.67 Å². The van der Waals surface area contributed by atoms with Crippen LogP contribution in [0.1, 0.15) is 50.8 Å². The second-order valence-electron chi connectivity index (χ2n) is 9.01. The maximum Gasteiger partial charge on any atom is 0.259 e. The first-order valence-electron chi connectivity index (χ1n) is 12.5.